The molecule has 0 spiro atoms. The van der Waals surface area contributed by atoms with Gasteiger partial charge in [-0.05, 0) is 48.6 Å². The fourth-order valence-corrected chi connectivity index (χ4v) is 5.27. The van der Waals surface area contributed by atoms with Gasteiger partial charge in [0.25, 0.3) is 5.24 Å². The van der Waals surface area contributed by atoms with E-state index in [9.17, 15) is 14.4 Å². The van der Waals surface area contributed by atoms with Crippen molar-refractivity contribution in [3.05, 3.63) is 65.2 Å². The number of hydrogen-bond donors (Lipinski definition) is 1. The fraction of sp³-hybridized carbons (Fsp3) is 0.375. The number of rotatable bonds is 5. The van der Waals surface area contributed by atoms with E-state index in [4.69, 9.17) is 0 Å². The van der Waals surface area contributed by atoms with Crippen LogP contribution in [0, 0.1) is 6.92 Å². The van der Waals surface area contributed by atoms with E-state index >= 15 is 0 Å². The molecule has 2 aromatic carbocycles. The minimum absolute atomic E-state index is 0.0468. The smallest absolute Gasteiger partial charge is 0.289 e. The molecule has 0 bridgehead atoms. The summed E-state index contributed by atoms with van der Waals surface area (Å²) in [5.74, 6) is 0.110. The Morgan fingerprint density at radius 1 is 1.03 bits per heavy atom. The number of carbonyl (C=O) groups excluding carboxylic acids is 3. The minimum Gasteiger partial charge on any atom is -0.325 e. The van der Waals surface area contributed by atoms with Gasteiger partial charge in [0.1, 0.15) is 0 Å². The first-order valence-corrected chi connectivity index (χ1v) is 11.4. The fourth-order valence-electron chi connectivity index (χ4n) is 4.54. The summed E-state index contributed by atoms with van der Waals surface area (Å²) in [7, 11) is 0. The quantitative estimate of drug-likeness (QED) is 0.734. The lowest BCUT2D eigenvalue weighted by Gasteiger charge is -2.37. The number of thioether (sulfide) groups is 1. The van der Waals surface area contributed by atoms with E-state index in [1.165, 1.54) is 11.3 Å². The number of amides is 3. The molecule has 30 heavy (non-hydrogen) atoms. The normalized spacial score (nSPS) is 18.5. The van der Waals surface area contributed by atoms with Gasteiger partial charge >= 0.3 is 0 Å². The number of anilines is 1. The summed E-state index contributed by atoms with van der Waals surface area (Å²) in [6.07, 6.45) is 4.99. The second kappa shape index (κ2) is 8.64. The predicted octanol–water partition coefficient (Wildman–Crippen LogP) is 5.03. The Morgan fingerprint density at radius 3 is 2.37 bits per heavy atom. The van der Waals surface area contributed by atoms with Crippen molar-refractivity contribution in [1.82, 2.24) is 4.90 Å². The van der Waals surface area contributed by atoms with Crippen molar-refractivity contribution in [2.75, 3.05) is 11.1 Å². The third kappa shape index (κ3) is 4.01. The van der Waals surface area contributed by atoms with Crippen molar-refractivity contribution >= 4 is 34.5 Å². The molecule has 1 aliphatic carbocycles. The van der Waals surface area contributed by atoms with Crippen LogP contribution in [0.2, 0.25) is 0 Å². The minimum atomic E-state index is -0.492. The lowest BCUT2D eigenvalue weighted by atomic mass is 9.67. The van der Waals surface area contributed by atoms with Crippen LogP contribution in [0.15, 0.2) is 48.5 Å². The second-order valence-corrected chi connectivity index (χ2v) is 9.07. The van der Waals surface area contributed by atoms with Gasteiger partial charge in [0.2, 0.25) is 11.8 Å². The molecule has 3 amide bonds. The highest BCUT2D eigenvalue weighted by Crippen LogP contribution is 2.41. The number of nitrogens with zero attached hydrogens (tertiary/aromatic N) is 1. The van der Waals surface area contributed by atoms with Crippen molar-refractivity contribution in [3.63, 3.8) is 0 Å². The first-order chi connectivity index (χ1) is 14.5. The molecule has 0 aromatic heterocycles. The maximum absolute atomic E-state index is 13.5. The van der Waals surface area contributed by atoms with Crippen LogP contribution in [0.1, 0.15) is 48.8 Å². The average molecular weight is 423 g/mol. The number of imide groups is 1. The van der Waals surface area contributed by atoms with E-state index in [0.29, 0.717) is 0 Å². The van der Waals surface area contributed by atoms with Gasteiger partial charge in [-0.15, -0.1) is 0 Å². The molecule has 0 radical (unpaired) electrons. The van der Waals surface area contributed by atoms with Crippen molar-refractivity contribution in [1.29, 1.82) is 0 Å². The van der Waals surface area contributed by atoms with Crippen molar-refractivity contribution < 1.29 is 14.4 Å². The highest BCUT2D eigenvalue weighted by atomic mass is 32.2. The van der Waals surface area contributed by atoms with E-state index in [1.807, 2.05) is 36.4 Å². The maximum atomic E-state index is 13.5. The standard InChI is InChI=1S/C24H26N2O3S/c1-17-7-3-4-8-20(17)24(13-5-2-6-14-24)22(28)25-19-11-9-18(10-12-19)15-26-21(27)16-30-23(26)29/h3-4,7-12H,2,5-6,13-16H2,1H3,(H,25,28). The number of carbonyl (C=O) groups is 3. The zero-order valence-corrected chi connectivity index (χ0v) is 18.0. The summed E-state index contributed by atoms with van der Waals surface area (Å²) in [6.45, 7) is 2.35. The topological polar surface area (TPSA) is 66.5 Å². The Kier molecular flexibility index (Phi) is 5.95. The van der Waals surface area contributed by atoms with E-state index in [-0.39, 0.29) is 29.4 Å². The van der Waals surface area contributed by atoms with Crippen LogP contribution < -0.4 is 5.32 Å². The van der Waals surface area contributed by atoms with Crippen molar-refractivity contribution in [2.24, 2.45) is 0 Å². The Hall–Kier alpha value is -2.60. The van der Waals surface area contributed by atoms with Gasteiger partial charge < -0.3 is 5.32 Å². The zero-order chi connectivity index (χ0) is 21.1. The van der Waals surface area contributed by atoms with Crippen LogP contribution in [0.3, 0.4) is 0 Å². The molecule has 1 saturated carbocycles. The third-order valence-corrected chi connectivity index (χ3v) is 7.05. The zero-order valence-electron chi connectivity index (χ0n) is 17.1. The van der Waals surface area contributed by atoms with E-state index < -0.39 is 5.41 Å². The molecule has 6 heteroatoms. The van der Waals surface area contributed by atoms with Gasteiger partial charge in [0, 0.05) is 5.69 Å². The SMILES string of the molecule is Cc1ccccc1C1(C(=O)Nc2ccc(CN3C(=O)CSC3=O)cc2)CCCCC1. The van der Waals surface area contributed by atoms with Gasteiger partial charge in [-0.1, -0.05) is 67.4 Å². The van der Waals surface area contributed by atoms with Gasteiger partial charge in [0.15, 0.2) is 0 Å². The van der Waals surface area contributed by atoms with Crippen LogP contribution in [-0.2, 0) is 21.5 Å². The number of aryl methyl sites for hydroxylation is 1. The summed E-state index contributed by atoms with van der Waals surface area (Å²) in [6, 6.07) is 15.6. The summed E-state index contributed by atoms with van der Waals surface area (Å²) in [5.41, 5.74) is 3.39. The molecule has 0 atom stereocenters. The van der Waals surface area contributed by atoms with Crippen molar-refractivity contribution in [2.45, 2.75) is 51.0 Å². The molecular weight excluding hydrogens is 396 g/mol. The Balaban J connectivity index is 1.51. The number of hydrogen-bond acceptors (Lipinski definition) is 4. The molecule has 1 saturated heterocycles. The molecule has 5 nitrogen and oxygen atoms in total. The summed E-state index contributed by atoms with van der Waals surface area (Å²) < 4.78 is 0. The van der Waals surface area contributed by atoms with Gasteiger partial charge in [0.05, 0.1) is 17.7 Å². The number of nitrogens with one attached hydrogen (secondary N) is 1. The Labute approximate surface area is 181 Å². The molecular formula is C24H26N2O3S. The third-order valence-electron chi connectivity index (χ3n) is 6.20. The monoisotopic (exact) mass is 422 g/mol. The van der Waals surface area contributed by atoms with E-state index in [2.05, 4.69) is 24.4 Å². The second-order valence-electron chi connectivity index (χ2n) is 8.14. The summed E-state index contributed by atoms with van der Waals surface area (Å²) >= 11 is 1.04. The molecule has 0 unspecified atom stereocenters. The lowest BCUT2D eigenvalue weighted by Crippen LogP contribution is -2.42. The predicted molar refractivity (Wildman–Crippen MR) is 119 cm³/mol. The molecule has 1 N–H and O–H groups in total. The van der Waals surface area contributed by atoms with Crippen LogP contribution in [-0.4, -0.2) is 27.7 Å². The lowest BCUT2D eigenvalue weighted by molar-refractivity contribution is -0.125. The number of benzene rings is 2. The molecule has 156 valence electrons. The summed E-state index contributed by atoms with van der Waals surface area (Å²) in [4.78, 5) is 38.3. The van der Waals surface area contributed by atoms with E-state index in [1.54, 1.807) is 0 Å². The summed E-state index contributed by atoms with van der Waals surface area (Å²) in [5, 5.41) is 2.93. The molecule has 1 aliphatic heterocycles. The Morgan fingerprint density at radius 2 is 1.73 bits per heavy atom. The molecule has 2 fully saturated rings. The molecule has 2 aliphatic rings. The largest absolute Gasteiger partial charge is 0.325 e. The van der Waals surface area contributed by atoms with Crippen LogP contribution in [0.25, 0.3) is 0 Å². The van der Waals surface area contributed by atoms with Crippen LogP contribution >= 0.6 is 11.8 Å². The first kappa shape index (κ1) is 20.7. The van der Waals surface area contributed by atoms with Crippen molar-refractivity contribution in [3.8, 4) is 0 Å². The van der Waals surface area contributed by atoms with Gasteiger partial charge in [-0.25, -0.2) is 0 Å². The van der Waals surface area contributed by atoms with Gasteiger partial charge in [-0.2, -0.15) is 0 Å². The molecule has 4 rings (SSSR count). The maximum Gasteiger partial charge on any atom is 0.289 e. The Bertz CT molecular complexity index is 949. The van der Waals surface area contributed by atoms with Gasteiger partial charge in [-0.3, -0.25) is 19.3 Å². The highest BCUT2D eigenvalue weighted by Gasteiger charge is 2.42. The van der Waals surface area contributed by atoms with Crippen LogP contribution in [0.4, 0.5) is 10.5 Å². The highest BCUT2D eigenvalue weighted by molar-refractivity contribution is 8.14. The molecule has 1 heterocycles. The van der Waals surface area contributed by atoms with Crippen LogP contribution in [0.5, 0.6) is 0 Å². The van der Waals surface area contributed by atoms with E-state index in [0.717, 1.165) is 59.8 Å². The average Bonchev–Trinajstić information content (AvgIpc) is 3.08. The molecule has 2 aromatic rings. The first-order valence-electron chi connectivity index (χ1n) is 10.4.